The summed E-state index contributed by atoms with van der Waals surface area (Å²) in [5.41, 5.74) is 5.21. The molecule has 0 radical (unpaired) electrons. The molecule has 4 heteroatoms. The molecule has 0 saturated heterocycles. The lowest BCUT2D eigenvalue weighted by Gasteiger charge is -2.11. The predicted octanol–water partition coefficient (Wildman–Crippen LogP) is -0.103. The average Bonchev–Trinajstić information content (AvgIpc) is 1.98. The summed E-state index contributed by atoms with van der Waals surface area (Å²) < 4.78 is 5.09. The van der Waals surface area contributed by atoms with Crippen LogP contribution in [0.1, 0.15) is 6.92 Å². The van der Waals surface area contributed by atoms with Crippen LogP contribution >= 0.6 is 12.2 Å². The Hall–Kier alpha value is -0.190. The molecule has 1 atom stereocenters. The van der Waals surface area contributed by atoms with E-state index in [9.17, 15) is 0 Å². The zero-order valence-electron chi connectivity index (χ0n) is 6.39. The van der Waals surface area contributed by atoms with Gasteiger partial charge in [0, 0.05) is 6.54 Å². The summed E-state index contributed by atoms with van der Waals surface area (Å²) >= 11 is 4.90. The molecule has 0 aliphatic heterocycles. The zero-order valence-corrected chi connectivity index (χ0v) is 7.20. The van der Waals surface area contributed by atoms with Crippen LogP contribution in [0.15, 0.2) is 0 Å². The van der Waals surface area contributed by atoms with Crippen LogP contribution in [-0.4, -0.2) is 31.3 Å². The Bertz CT molecular complexity index is 108. The van der Waals surface area contributed by atoms with Crippen molar-refractivity contribution in [3.8, 4) is 0 Å². The highest BCUT2D eigenvalue weighted by Gasteiger charge is 2.04. The van der Waals surface area contributed by atoms with Crippen molar-refractivity contribution in [3.05, 3.63) is 0 Å². The molecule has 0 rings (SSSR count). The highest BCUT2D eigenvalue weighted by Crippen LogP contribution is 1.88. The van der Waals surface area contributed by atoms with Crippen LogP contribution in [0.5, 0.6) is 0 Å². The number of nitrogens with one attached hydrogen (secondary N) is 1. The fourth-order valence-corrected chi connectivity index (χ4v) is 0.604. The van der Waals surface area contributed by atoms with Gasteiger partial charge in [-0.1, -0.05) is 0 Å². The van der Waals surface area contributed by atoms with Crippen LogP contribution in [0.25, 0.3) is 0 Å². The molecule has 0 fully saturated rings. The lowest BCUT2D eigenvalue weighted by Crippen LogP contribution is -2.32. The standard InChI is InChI=1S/C6H14N2OS/c1-5(8-2)6(10)9-4-3-7/h5,8H,3-4,7H2,1-2H3/t5-/m0/s1. The molecule has 60 valence electrons. The van der Waals surface area contributed by atoms with Crippen molar-refractivity contribution in [2.24, 2.45) is 5.73 Å². The Kier molecular flexibility index (Phi) is 5.48. The first kappa shape index (κ1) is 9.81. The minimum absolute atomic E-state index is 0.126. The maximum atomic E-state index is 5.21. The van der Waals surface area contributed by atoms with Crippen LogP contribution in [0.4, 0.5) is 0 Å². The SMILES string of the molecule is CN[C@@H](C)C(=S)OCCN. The van der Waals surface area contributed by atoms with Gasteiger partial charge in [-0.25, -0.2) is 0 Å². The van der Waals surface area contributed by atoms with E-state index in [-0.39, 0.29) is 6.04 Å². The molecule has 0 amide bonds. The third kappa shape index (κ3) is 3.76. The highest BCUT2D eigenvalue weighted by molar-refractivity contribution is 7.80. The molecule has 0 aliphatic carbocycles. The van der Waals surface area contributed by atoms with Crippen LogP contribution in [0, 0.1) is 0 Å². The van der Waals surface area contributed by atoms with Gasteiger partial charge in [-0.15, -0.1) is 0 Å². The topological polar surface area (TPSA) is 47.3 Å². The van der Waals surface area contributed by atoms with Gasteiger partial charge in [0.25, 0.3) is 0 Å². The molecule has 0 aromatic heterocycles. The Labute approximate surface area is 66.9 Å². The number of hydrogen-bond acceptors (Lipinski definition) is 4. The smallest absolute Gasteiger partial charge is 0.176 e. The van der Waals surface area contributed by atoms with Gasteiger partial charge in [0.2, 0.25) is 0 Å². The van der Waals surface area contributed by atoms with E-state index in [0.29, 0.717) is 18.2 Å². The minimum atomic E-state index is 0.126. The quantitative estimate of drug-likeness (QED) is 0.567. The van der Waals surface area contributed by atoms with E-state index in [1.807, 2.05) is 14.0 Å². The van der Waals surface area contributed by atoms with Crippen molar-refractivity contribution in [1.82, 2.24) is 5.32 Å². The molecule has 0 spiro atoms. The maximum absolute atomic E-state index is 5.21. The molecule has 0 heterocycles. The number of nitrogens with two attached hydrogens (primary N) is 1. The summed E-state index contributed by atoms with van der Waals surface area (Å²) in [7, 11) is 1.84. The molecule has 0 saturated carbocycles. The van der Waals surface area contributed by atoms with E-state index >= 15 is 0 Å². The second-order valence-electron chi connectivity index (χ2n) is 1.97. The van der Waals surface area contributed by atoms with Gasteiger partial charge >= 0.3 is 0 Å². The molecule has 10 heavy (non-hydrogen) atoms. The van der Waals surface area contributed by atoms with Gasteiger partial charge in [-0.2, -0.15) is 0 Å². The predicted molar refractivity (Wildman–Crippen MR) is 46.1 cm³/mol. The summed E-state index contributed by atoms with van der Waals surface area (Å²) in [6.07, 6.45) is 0. The molecule has 3 N–H and O–H groups in total. The summed E-state index contributed by atoms with van der Waals surface area (Å²) in [4.78, 5) is 0. The number of thiocarbonyl (C=S) groups is 1. The largest absolute Gasteiger partial charge is 0.484 e. The molecular formula is C6H14N2OS. The van der Waals surface area contributed by atoms with Crippen LogP contribution in [0.3, 0.4) is 0 Å². The Morgan fingerprint density at radius 2 is 2.40 bits per heavy atom. The van der Waals surface area contributed by atoms with Crippen molar-refractivity contribution in [2.75, 3.05) is 20.2 Å². The fourth-order valence-electron chi connectivity index (χ4n) is 0.402. The van der Waals surface area contributed by atoms with Crippen molar-refractivity contribution >= 4 is 17.3 Å². The van der Waals surface area contributed by atoms with Gasteiger partial charge in [0.15, 0.2) is 5.05 Å². The molecule has 0 aromatic carbocycles. The van der Waals surface area contributed by atoms with Crippen LogP contribution in [-0.2, 0) is 4.74 Å². The second-order valence-corrected chi connectivity index (χ2v) is 2.37. The number of likely N-dealkylation sites (N-methyl/N-ethyl adjacent to an activating group) is 1. The van der Waals surface area contributed by atoms with Crippen LogP contribution < -0.4 is 11.1 Å². The average molecular weight is 162 g/mol. The summed E-state index contributed by atoms with van der Waals surface area (Å²) in [5.74, 6) is 0. The third-order valence-electron chi connectivity index (χ3n) is 1.15. The van der Waals surface area contributed by atoms with E-state index in [1.165, 1.54) is 0 Å². The molecule has 0 unspecified atom stereocenters. The summed E-state index contributed by atoms with van der Waals surface area (Å²) in [5, 5.41) is 3.54. The summed E-state index contributed by atoms with van der Waals surface area (Å²) in [6, 6.07) is 0.126. The Morgan fingerprint density at radius 1 is 1.80 bits per heavy atom. The molecule has 0 bridgehead atoms. The molecule has 0 aromatic rings. The van der Waals surface area contributed by atoms with Crippen LogP contribution in [0.2, 0.25) is 0 Å². The summed E-state index contributed by atoms with van der Waals surface area (Å²) in [6.45, 7) is 2.96. The number of rotatable bonds is 4. The Balaban J connectivity index is 3.42. The van der Waals surface area contributed by atoms with Gasteiger partial charge < -0.3 is 15.8 Å². The van der Waals surface area contributed by atoms with E-state index < -0.39 is 0 Å². The van der Waals surface area contributed by atoms with E-state index in [0.717, 1.165) is 0 Å². The Morgan fingerprint density at radius 3 is 2.80 bits per heavy atom. The highest BCUT2D eigenvalue weighted by atomic mass is 32.1. The maximum Gasteiger partial charge on any atom is 0.176 e. The number of hydrogen-bond donors (Lipinski definition) is 2. The molecule has 3 nitrogen and oxygen atoms in total. The first-order chi connectivity index (χ1) is 4.72. The molecule has 0 aliphatic rings. The van der Waals surface area contributed by atoms with Crippen molar-refractivity contribution in [3.63, 3.8) is 0 Å². The molecular weight excluding hydrogens is 148 g/mol. The van der Waals surface area contributed by atoms with Gasteiger partial charge in [-0.3, -0.25) is 0 Å². The third-order valence-corrected chi connectivity index (χ3v) is 1.62. The first-order valence-corrected chi connectivity index (χ1v) is 3.67. The lowest BCUT2D eigenvalue weighted by atomic mass is 10.4. The van der Waals surface area contributed by atoms with Crippen molar-refractivity contribution in [2.45, 2.75) is 13.0 Å². The second kappa shape index (κ2) is 5.58. The van der Waals surface area contributed by atoms with Gasteiger partial charge in [-0.05, 0) is 26.2 Å². The van der Waals surface area contributed by atoms with Crippen molar-refractivity contribution in [1.29, 1.82) is 0 Å². The van der Waals surface area contributed by atoms with Gasteiger partial charge in [0.1, 0.15) is 6.61 Å². The fraction of sp³-hybridized carbons (Fsp3) is 0.833. The lowest BCUT2D eigenvalue weighted by molar-refractivity contribution is 0.308. The van der Waals surface area contributed by atoms with Gasteiger partial charge in [0.05, 0.1) is 6.04 Å². The first-order valence-electron chi connectivity index (χ1n) is 3.26. The van der Waals surface area contributed by atoms with E-state index in [4.69, 9.17) is 22.7 Å². The van der Waals surface area contributed by atoms with E-state index in [1.54, 1.807) is 0 Å². The van der Waals surface area contributed by atoms with E-state index in [2.05, 4.69) is 5.32 Å². The van der Waals surface area contributed by atoms with Crippen molar-refractivity contribution < 1.29 is 4.74 Å². The number of ether oxygens (including phenoxy) is 1. The zero-order chi connectivity index (χ0) is 7.98. The minimum Gasteiger partial charge on any atom is -0.484 e. The monoisotopic (exact) mass is 162 g/mol. The normalized spacial score (nSPS) is 12.7.